The van der Waals surface area contributed by atoms with Crippen molar-refractivity contribution < 1.29 is 47.2 Å². The Morgan fingerprint density at radius 2 is 1.71 bits per heavy atom. The van der Waals surface area contributed by atoms with Crippen LogP contribution in [0.3, 0.4) is 0 Å². The lowest BCUT2D eigenvalue weighted by atomic mass is 9.99. The number of methoxy groups -OCH3 is 1. The van der Waals surface area contributed by atoms with Crippen LogP contribution in [0.4, 0.5) is 10.5 Å². The summed E-state index contributed by atoms with van der Waals surface area (Å²) in [5.41, 5.74) is 0.251. The second-order valence-electron chi connectivity index (χ2n) is 15.7. The van der Waals surface area contributed by atoms with Crippen molar-refractivity contribution in [1.29, 1.82) is 0 Å². The molecule has 1 aromatic carbocycles. The standard InChI is InChI=1S/C37H57NO10Si/c1-24-17-18-28(39)32-29(46-37(9,10)47-32)16-14-15-26-21-27(22-30(43-23-42-11)31(26)33(40)45-25(24)2)38(34(41)48-35(3,4)5)19-20-44-49(12,13)36(6,7)8/h14-15,17-18,21-22,24-25,29,32H,16,19-20,23H2,1-13H3/t24-,25+,29+,32-/m1/s1. The van der Waals surface area contributed by atoms with E-state index in [0.29, 0.717) is 17.7 Å². The molecule has 0 spiro atoms. The predicted molar refractivity (Wildman–Crippen MR) is 191 cm³/mol. The number of benzene rings is 1. The van der Waals surface area contributed by atoms with Crippen LogP contribution in [0.2, 0.25) is 18.1 Å². The van der Waals surface area contributed by atoms with E-state index in [2.05, 4.69) is 33.9 Å². The molecule has 2 aliphatic heterocycles. The molecule has 1 saturated heterocycles. The van der Waals surface area contributed by atoms with Crippen LogP contribution >= 0.6 is 0 Å². The van der Waals surface area contributed by atoms with Gasteiger partial charge in [0.05, 0.1) is 24.9 Å². The molecular formula is C37H57NO10Si. The molecule has 274 valence electrons. The summed E-state index contributed by atoms with van der Waals surface area (Å²) in [5, 5.41) is -0.0251. The predicted octanol–water partition coefficient (Wildman–Crippen LogP) is 7.68. The van der Waals surface area contributed by atoms with Gasteiger partial charge in [0.25, 0.3) is 0 Å². The van der Waals surface area contributed by atoms with Crippen molar-refractivity contribution in [3.8, 4) is 5.75 Å². The van der Waals surface area contributed by atoms with Crippen molar-refractivity contribution >= 4 is 37.9 Å². The molecule has 0 aliphatic carbocycles. The first-order valence-corrected chi connectivity index (χ1v) is 19.9. The fraction of sp³-hybridized carbons (Fsp3) is 0.649. The van der Waals surface area contributed by atoms with Crippen molar-refractivity contribution in [2.45, 2.75) is 123 Å². The highest BCUT2D eigenvalue weighted by Gasteiger charge is 2.44. The lowest BCUT2D eigenvalue weighted by molar-refractivity contribution is -0.152. The number of anilines is 1. The van der Waals surface area contributed by atoms with Gasteiger partial charge >= 0.3 is 12.1 Å². The second kappa shape index (κ2) is 15.9. The molecule has 1 amide bonds. The Hall–Kier alpha value is -3.03. The molecule has 0 unspecified atom stereocenters. The first-order chi connectivity index (χ1) is 22.5. The largest absolute Gasteiger partial charge is 0.467 e. The van der Waals surface area contributed by atoms with Crippen molar-refractivity contribution in [3.05, 3.63) is 41.5 Å². The zero-order valence-corrected chi connectivity index (χ0v) is 32.6. The van der Waals surface area contributed by atoms with Gasteiger partial charge in [0.1, 0.15) is 29.1 Å². The number of rotatable bonds is 8. The van der Waals surface area contributed by atoms with E-state index >= 15 is 0 Å². The number of ether oxygens (including phenoxy) is 6. The van der Waals surface area contributed by atoms with E-state index in [-0.39, 0.29) is 48.0 Å². The maximum atomic E-state index is 13.9. The molecule has 0 aromatic heterocycles. The van der Waals surface area contributed by atoms with Crippen molar-refractivity contribution in [1.82, 2.24) is 0 Å². The summed E-state index contributed by atoms with van der Waals surface area (Å²) in [6.07, 6.45) is 4.51. The van der Waals surface area contributed by atoms with Crippen LogP contribution in [0.15, 0.2) is 30.4 Å². The molecule has 3 rings (SSSR count). The maximum absolute atomic E-state index is 13.9. The Bertz CT molecular complexity index is 1400. The number of carbonyl (C=O) groups excluding carboxylic acids is 3. The van der Waals surface area contributed by atoms with Gasteiger partial charge in [-0.25, -0.2) is 9.59 Å². The van der Waals surface area contributed by atoms with Crippen LogP contribution in [0.5, 0.6) is 5.75 Å². The maximum Gasteiger partial charge on any atom is 0.414 e. The van der Waals surface area contributed by atoms with Crippen LogP contribution in [-0.2, 0) is 32.9 Å². The summed E-state index contributed by atoms with van der Waals surface area (Å²) in [5.74, 6) is -1.93. The minimum atomic E-state index is -2.14. The highest BCUT2D eigenvalue weighted by atomic mass is 28.4. The third kappa shape index (κ3) is 11.0. The quantitative estimate of drug-likeness (QED) is 0.152. The van der Waals surface area contributed by atoms with Crippen LogP contribution in [0, 0.1) is 5.92 Å². The Morgan fingerprint density at radius 1 is 1.04 bits per heavy atom. The molecule has 1 fully saturated rings. The zero-order valence-electron chi connectivity index (χ0n) is 31.6. The number of hydrogen-bond donors (Lipinski definition) is 0. The molecule has 0 radical (unpaired) electrons. The zero-order chi connectivity index (χ0) is 36.9. The molecule has 0 N–H and O–H groups in total. The lowest BCUT2D eigenvalue weighted by Crippen LogP contribution is -2.44. The number of nitrogens with zero attached hydrogens (tertiary/aromatic N) is 1. The van der Waals surface area contributed by atoms with E-state index < -0.39 is 50.1 Å². The van der Waals surface area contributed by atoms with Crippen molar-refractivity contribution in [2.24, 2.45) is 5.92 Å². The first kappa shape index (κ1) is 40.4. The fourth-order valence-electron chi connectivity index (χ4n) is 5.03. The van der Waals surface area contributed by atoms with Gasteiger partial charge in [-0.1, -0.05) is 45.9 Å². The molecule has 11 nitrogen and oxygen atoms in total. The van der Waals surface area contributed by atoms with Crippen LogP contribution < -0.4 is 9.64 Å². The molecule has 0 saturated carbocycles. The minimum absolute atomic E-state index is 0.0251. The number of cyclic esters (lactones) is 1. The lowest BCUT2D eigenvalue weighted by Gasteiger charge is -2.37. The average Bonchev–Trinajstić information content (AvgIpc) is 3.28. The van der Waals surface area contributed by atoms with Gasteiger partial charge in [0.2, 0.25) is 0 Å². The smallest absolute Gasteiger partial charge is 0.414 e. The number of esters is 1. The van der Waals surface area contributed by atoms with E-state index in [1.807, 2.05) is 13.0 Å². The Morgan fingerprint density at radius 3 is 2.33 bits per heavy atom. The van der Waals surface area contributed by atoms with Gasteiger partial charge in [0, 0.05) is 19.1 Å². The van der Waals surface area contributed by atoms with Crippen LogP contribution in [-0.4, -0.2) is 82.9 Å². The molecular weight excluding hydrogens is 646 g/mol. The molecule has 2 aliphatic rings. The molecule has 12 heteroatoms. The summed E-state index contributed by atoms with van der Waals surface area (Å²) in [7, 11) is -0.658. The summed E-state index contributed by atoms with van der Waals surface area (Å²) >= 11 is 0. The van der Waals surface area contributed by atoms with E-state index in [4.69, 9.17) is 32.8 Å². The Labute approximate surface area is 293 Å². The van der Waals surface area contributed by atoms with Gasteiger partial charge in [-0.3, -0.25) is 9.69 Å². The molecule has 2 heterocycles. The topological polar surface area (TPSA) is 119 Å². The summed E-state index contributed by atoms with van der Waals surface area (Å²) < 4.78 is 41.5. The molecule has 49 heavy (non-hydrogen) atoms. The fourth-order valence-corrected chi connectivity index (χ4v) is 6.06. The van der Waals surface area contributed by atoms with Gasteiger partial charge < -0.3 is 32.8 Å². The number of ketones is 1. The summed E-state index contributed by atoms with van der Waals surface area (Å²) in [6, 6.07) is 3.34. The van der Waals surface area contributed by atoms with Gasteiger partial charge in [-0.2, -0.15) is 0 Å². The van der Waals surface area contributed by atoms with Gasteiger partial charge in [-0.15, -0.1) is 0 Å². The first-order valence-electron chi connectivity index (χ1n) is 16.9. The normalized spacial score (nSPS) is 23.3. The molecule has 0 bridgehead atoms. The van der Waals surface area contributed by atoms with Crippen LogP contribution in [0.1, 0.15) is 91.6 Å². The third-order valence-corrected chi connectivity index (χ3v) is 13.4. The molecule has 4 atom stereocenters. The van der Waals surface area contributed by atoms with E-state index in [1.165, 1.54) is 18.1 Å². The highest BCUT2D eigenvalue weighted by Crippen LogP contribution is 2.38. The average molecular weight is 704 g/mol. The number of hydrogen-bond acceptors (Lipinski definition) is 10. The van der Waals surface area contributed by atoms with Gasteiger partial charge in [0.15, 0.2) is 26.7 Å². The number of fused-ring (bicyclic) bond motifs is 2. The third-order valence-electron chi connectivity index (χ3n) is 8.89. The van der Waals surface area contributed by atoms with E-state index in [0.717, 1.165) is 0 Å². The summed E-state index contributed by atoms with van der Waals surface area (Å²) in [6.45, 7) is 23.6. The number of carbonyl (C=O) groups is 3. The highest BCUT2D eigenvalue weighted by molar-refractivity contribution is 6.74. The van der Waals surface area contributed by atoms with Crippen molar-refractivity contribution in [2.75, 3.05) is 32.0 Å². The molecule has 1 aromatic rings. The van der Waals surface area contributed by atoms with Crippen LogP contribution in [0.25, 0.3) is 6.08 Å². The Balaban J connectivity index is 2.17. The Kier molecular flexibility index (Phi) is 13.1. The van der Waals surface area contributed by atoms with E-state index in [9.17, 15) is 14.4 Å². The van der Waals surface area contributed by atoms with E-state index in [1.54, 1.807) is 65.8 Å². The SMILES string of the molecule is COCOc1cc(N(CCO[Si](C)(C)C(C)(C)C)C(=O)OC(C)(C)C)cc2c1C(=O)O[C@@H](C)[C@H](C)C=CC(=O)[C@H]1OC(C)(C)O[C@H]1CC=C2. The second-order valence-corrected chi connectivity index (χ2v) is 20.5. The summed E-state index contributed by atoms with van der Waals surface area (Å²) in [4.78, 5) is 42.3. The minimum Gasteiger partial charge on any atom is -0.467 e. The number of amides is 1. The monoisotopic (exact) mass is 703 g/mol. The van der Waals surface area contributed by atoms with Gasteiger partial charge in [-0.05, 0) is 83.8 Å². The van der Waals surface area contributed by atoms with Crippen molar-refractivity contribution in [3.63, 3.8) is 0 Å².